The normalized spacial score (nSPS) is 23.2. The van der Waals surface area contributed by atoms with E-state index in [2.05, 4.69) is 4.72 Å². The number of halogens is 2. The molecule has 0 aromatic rings. The Labute approximate surface area is 82.9 Å². The first kappa shape index (κ1) is 11.8. The fraction of sp³-hybridized carbons (Fsp3) is 1.00. The smallest absolute Gasteiger partial charge is 0.212 e. The van der Waals surface area contributed by atoms with E-state index in [0.29, 0.717) is 0 Å². The van der Waals surface area contributed by atoms with Crippen LogP contribution in [0.15, 0.2) is 0 Å². The van der Waals surface area contributed by atoms with Crippen LogP contribution in [0, 0.1) is 0 Å². The maximum absolute atomic E-state index is 12.5. The summed E-state index contributed by atoms with van der Waals surface area (Å²) >= 11 is 0. The average molecular weight is 227 g/mol. The summed E-state index contributed by atoms with van der Waals surface area (Å²) < 4.78 is 50.2. The number of hydrogen-bond acceptors (Lipinski definition) is 2. The van der Waals surface area contributed by atoms with Crippen molar-refractivity contribution in [1.82, 2.24) is 4.72 Å². The molecule has 6 heteroatoms. The third-order valence-electron chi connectivity index (χ3n) is 1.94. The third-order valence-corrected chi connectivity index (χ3v) is 4.05. The Morgan fingerprint density at radius 1 is 1.29 bits per heavy atom. The van der Waals surface area contributed by atoms with Gasteiger partial charge in [-0.3, -0.25) is 0 Å². The van der Waals surface area contributed by atoms with E-state index in [4.69, 9.17) is 0 Å². The topological polar surface area (TPSA) is 46.2 Å². The standard InChI is InChI=1S/C8H15F2NO2S/c1-7(2,3)11-14(12,13)6-4-8(9,10)5-6/h6,11H,4-5H2,1-3H3. The van der Waals surface area contributed by atoms with Crippen LogP contribution in [0.1, 0.15) is 33.6 Å². The molecule has 0 aromatic heterocycles. The fourth-order valence-electron chi connectivity index (χ4n) is 1.34. The maximum atomic E-state index is 12.5. The van der Waals surface area contributed by atoms with Crippen LogP contribution in [0.25, 0.3) is 0 Å². The van der Waals surface area contributed by atoms with E-state index in [0.717, 1.165) is 0 Å². The second-order valence-electron chi connectivity index (χ2n) is 4.78. The molecule has 1 saturated carbocycles. The number of hydrogen-bond donors (Lipinski definition) is 1. The third kappa shape index (κ3) is 2.88. The molecule has 0 aromatic carbocycles. The number of nitrogens with one attached hydrogen (secondary N) is 1. The van der Waals surface area contributed by atoms with Crippen molar-refractivity contribution in [2.75, 3.05) is 0 Å². The Balaban J connectivity index is 2.62. The van der Waals surface area contributed by atoms with Gasteiger partial charge in [0, 0.05) is 18.4 Å². The fourth-order valence-corrected chi connectivity index (χ4v) is 3.28. The highest BCUT2D eigenvalue weighted by Crippen LogP contribution is 2.41. The molecule has 0 saturated heterocycles. The quantitative estimate of drug-likeness (QED) is 0.777. The zero-order valence-electron chi connectivity index (χ0n) is 8.47. The minimum atomic E-state index is -3.58. The van der Waals surface area contributed by atoms with E-state index < -0.39 is 39.6 Å². The highest BCUT2D eigenvalue weighted by Gasteiger charge is 2.51. The van der Waals surface area contributed by atoms with Gasteiger partial charge in [0.15, 0.2) is 0 Å². The molecular weight excluding hydrogens is 212 g/mol. The molecule has 0 unspecified atom stereocenters. The summed E-state index contributed by atoms with van der Waals surface area (Å²) in [7, 11) is -3.58. The van der Waals surface area contributed by atoms with Crippen molar-refractivity contribution < 1.29 is 17.2 Å². The largest absolute Gasteiger partial charge is 0.250 e. The lowest BCUT2D eigenvalue weighted by Gasteiger charge is -2.36. The molecule has 0 heterocycles. The minimum absolute atomic E-state index is 0.557. The summed E-state index contributed by atoms with van der Waals surface area (Å²) in [6.45, 7) is 5.05. The molecule has 0 atom stereocenters. The molecular formula is C8H15F2NO2S. The van der Waals surface area contributed by atoms with Crippen LogP contribution in [0.5, 0.6) is 0 Å². The summed E-state index contributed by atoms with van der Waals surface area (Å²) in [6, 6.07) is 0. The van der Waals surface area contributed by atoms with Crippen molar-refractivity contribution in [3.63, 3.8) is 0 Å². The van der Waals surface area contributed by atoms with E-state index in [1.165, 1.54) is 0 Å². The molecule has 84 valence electrons. The van der Waals surface area contributed by atoms with Crippen molar-refractivity contribution >= 4 is 10.0 Å². The summed E-state index contributed by atoms with van der Waals surface area (Å²) in [5, 5.41) is -0.934. The van der Waals surface area contributed by atoms with Crippen LogP contribution in [0.2, 0.25) is 0 Å². The molecule has 0 bridgehead atoms. The lowest BCUT2D eigenvalue weighted by molar-refractivity contribution is -0.0689. The predicted molar refractivity (Wildman–Crippen MR) is 49.8 cm³/mol. The molecule has 1 fully saturated rings. The SMILES string of the molecule is CC(C)(C)NS(=O)(=O)C1CC(F)(F)C1. The Morgan fingerprint density at radius 2 is 1.71 bits per heavy atom. The molecule has 0 spiro atoms. The second kappa shape index (κ2) is 3.13. The highest BCUT2D eigenvalue weighted by molar-refractivity contribution is 7.90. The van der Waals surface area contributed by atoms with E-state index in [-0.39, 0.29) is 0 Å². The Hall–Kier alpha value is -0.230. The minimum Gasteiger partial charge on any atom is -0.212 e. The molecule has 0 amide bonds. The van der Waals surface area contributed by atoms with Crippen LogP contribution in [-0.2, 0) is 10.0 Å². The summed E-state index contributed by atoms with van der Waals surface area (Å²) in [5.41, 5.74) is -0.607. The Kier molecular flexibility index (Phi) is 2.65. The number of sulfonamides is 1. The van der Waals surface area contributed by atoms with Crippen molar-refractivity contribution in [3.05, 3.63) is 0 Å². The average Bonchev–Trinajstić information content (AvgIpc) is 1.76. The molecule has 14 heavy (non-hydrogen) atoms. The van der Waals surface area contributed by atoms with Crippen molar-refractivity contribution in [2.45, 2.75) is 50.3 Å². The van der Waals surface area contributed by atoms with E-state index in [1.807, 2.05) is 0 Å². The molecule has 1 rings (SSSR count). The van der Waals surface area contributed by atoms with Gasteiger partial charge in [-0.15, -0.1) is 0 Å². The summed E-state index contributed by atoms with van der Waals surface area (Å²) in [4.78, 5) is 0. The maximum Gasteiger partial charge on any atom is 0.250 e. The first-order valence-corrected chi connectivity index (χ1v) is 5.97. The van der Waals surface area contributed by atoms with Gasteiger partial charge in [-0.25, -0.2) is 21.9 Å². The second-order valence-corrected chi connectivity index (χ2v) is 6.74. The van der Waals surface area contributed by atoms with E-state index >= 15 is 0 Å². The van der Waals surface area contributed by atoms with Crippen LogP contribution in [0.4, 0.5) is 8.78 Å². The van der Waals surface area contributed by atoms with Crippen LogP contribution in [-0.4, -0.2) is 25.1 Å². The van der Waals surface area contributed by atoms with Crippen LogP contribution >= 0.6 is 0 Å². The van der Waals surface area contributed by atoms with Gasteiger partial charge in [-0.1, -0.05) is 0 Å². The first-order valence-electron chi connectivity index (χ1n) is 4.42. The zero-order valence-corrected chi connectivity index (χ0v) is 9.29. The monoisotopic (exact) mass is 227 g/mol. The van der Waals surface area contributed by atoms with Crippen molar-refractivity contribution in [3.8, 4) is 0 Å². The molecule has 3 nitrogen and oxygen atoms in total. The predicted octanol–water partition coefficient (Wildman–Crippen LogP) is 1.50. The van der Waals surface area contributed by atoms with E-state index in [9.17, 15) is 17.2 Å². The van der Waals surface area contributed by atoms with Gasteiger partial charge < -0.3 is 0 Å². The lowest BCUT2D eigenvalue weighted by atomic mass is 9.94. The first-order chi connectivity index (χ1) is 6.02. The van der Waals surface area contributed by atoms with Gasteiger partial charge in [-0.2, -0.15) is 0 Å². The van der Waals surface area contributed by atoms with Gasteiger partial charge in [-0.05, 0) is 20.8 Å². The Bertz CT molecular complexity index is 311. The molecule has 1 N–H and O–H groups in total. The van der Waals surface area contributed by atoms with Gasteiger partial charge in [0.1, 0.15) is 0 Å². The van der Waals surface area contributed by atoms with E-state index in [1.54, 1.807) is 20.8 Å². The van der Waals surface area contributed by atoms with Crippen molar-refractivity contribution in [1.29, 1.82) is 0 Å². The molecule has 1 aliphatic rings. The van der Waals surface area contributed by atoms with Gasteiger partial charge >= 0.3 is 0 Å². The van der Waals surface area contributed by atoms with Gasteiger partial charge in [0.25, 0.3) is 5.92 Å². The summed E-state index contributed by atoms with van der Waals surface area (Å²) in [5.74, 6) is -2.79. The lowest BCUT2D eigenvalue weighted by Crippen LogP contribution is -2.53. The summed E-state index contributed by atoms with van der Waals surface area (Å²) in [6.07, 6.45) is -1.11. The van der Waals surface area contributed by atoms with Gasteiger partial charge in [0.05, 0.1) is 5.25 Å². The van der Waals surface area contributed by atoms with Crippen LogP contribution in [0.3, 0.4) is 0 Å². The zero-order chi connectivity index (χ0) is 11.2. The molecule has 1 aliphatic carbocycles. The van der Waals surface area contributed by atoms with Crippen molar-refractivity contribution in [2.24, 2.45) is 0 Å². The molecule has 0 radical (unpaired) electrons. The number of alkyl halides is 2. The van der Waals surface area contributed by atoms with Crippen LogP contribution < -0.4 is 4.72 Å². The Morgan fingerprint density at radius 3 is 2.00 bits per heavy atom. The highest BCUT2D eigenvalue weighted by atomic mass is 32.2. The number of rotatable bonds is 2. The van der Waals surface area contributed by atoms with Gasteiger partial charge in [0.2, 0.25) is 10.0 Å². The molecule has 0 aliphatic heterocycles.